The summed E-state index contributed by atoms with van der Waals surface area (Å²) in [4.78, 5) is 19.4. The first-order chi connectivity index (χ1) is 12.3. The van der Waals surface area contributed by atoms with Crippen LogP contribution in [-0.2, 0) is 6.54 Å². The van der Waals surface area contributed by atoms with E-state index < -0.39 is 0 Å². The number of rotatable bonds is 6. The number of aromatic nitrogens is 2. The summed E-state index contributed by atoms with van der Waals surface area (Å²) in [5, 5.41) is 0. The Bertz CT molecular complexity index is 881. The second kappa shape index (κ2) is 6.59. The molecule has 0 bridgehead atoms. The molecule has 0 unspecified atom stereocenters. The van der Waals surface area contributed by atoms with Gasteiger partial charge < -0.3 is 14.0 Å². The van der Waals surface area contributed by atoms with E-state index in [9.17, 15) is 4.79 Å². The number of amides is 1. The summed E-state index contributed by atoms with van der Waals surface area (Å²) in [7, 11) is 0. The Morgan fingerprint density at radius 2 is 2.04 bits per heavy atom. The van der Waals surface area contributed by atoms with Crippen LogP contribution in [-0.4, -0.2) is 32.8 Å². The highest BCUT2D eigenvalue weighted by Gasteiger charge is 2.33. The predicted octanol–water partition coefficient (Wildman–Crippen LogP) is 3.54. The Hall–Kier alpha value is -2.82. The normalized spacial score (nSPS) is 13.8. The van der Waals surface area contributed by atoms with Gasteiger partial charge in [0.25, 0.3) is 5.91 Å². The summed E-state index contributed by atoms with van der Waals surface area (Å²) in [6, 6.07) is 13.7. The number of nitrogens with zero attached hydrogens (tertiary/aromatic N) is 3. The first kappa shape index (κ1) is 15.7. The van der Waals surface area contributed by atoms with E-state index in [0.29, 0.717) is 24.8 Å². The largest absolute Gasteiger partial charge is 0.494 e. The second-order valence-electron chi connectivity index (χ2n) is 6.30. The lowest BCUT2D eigenvalue weighted by atomic mass is 10.2. The highest BCUT2D eigenvalue weighted by molar-refractivity contribution is 5.94. The van der Waals surface area contributed by atoms with E-state index in [4.69, 9.17) is 4.74 Å². The SMILES string of the molecule is CCOc1ccc(C(=O)N(Cc2cnc3ccccn23)C2CC2)cc1. The number of carbonyl (C=O) groups excluding carboxylic acids is 1. The van der Waals surface area contributed by atoms with Gasteiger partial charge in [0, 0.05) is 17.8 Å². The summed E-state index contributed by atoms with van der Waals surface area (Å²) in [6.07, 6.45) is 5.99. The van der Waals surface area contributed by atoms with Gasteiger partial charge in [-0.3, -0.25) is 4.79 Å². The van der Waals surface area contributed by atoms with Gasteiger partial charge in [0.15, 0.2) is 0 Å². The second-order valence-corrected chi connectivity index (χ2v) is 6.30. The maximum Gasteiger partial charge on any atom is 0.254 e. The average Bonchev–Trinajstić information content (AvgIpc) is 3.41. The first-order valence-electron chi connectivity index (χ1n) is 8.71. The summed E-state index contributed by atoms with van der Waals surface area (Å²) >= 11 is 0. The Balaban J connectivity index is 1.57. The molecule has 0 atom stereocenters. The summed E-state index contributed by atoms with van der Waals surface area (Å²) in [5.41, 5.74) is 2.63. The number of imidazole rings is 1. The number of hydrogen-bond acceptors (Lipinski definition) is 3. The van der Waals surface area contributed by atoms with Gasteiger partial charge in [0.1, 0.15) is 11.4 Å². The number of pyridine rings is 1. The lowest BCUT2D eigenvalue weighted by Crippen LogP contribution is -2.33. The zero-order valence-corrected chi connectivity index (χ0v) is 14.3. The van der Waals surface area contributed by atoms with Gasteiger partial charge in [-0.1, -0.05) is 6.07 Å². The molecule has 0 aliphatic heterocycles. The van der Waals surface area contributed by atoms with E-state index in [-0.39, 0.29) is 5.91 Å². The molecule has 0 radical (unpaired) electrons. The van der Waals surface area contributed by atoms with Gasteiger partial charge >= 0.3 is 0 Å². The van der Waals surface area contributed by atoms with Crippen molar-refractivity contribution in [3.8, 4) is 5.75 Å². The molecule has 1 amide bonds. The minimum Gasteiger partial charge on any atom is -0.494 e. The van der Waals surface area contributed by atoms with Gasteiger partial charge in [-0.15, -0.1) is 0 Å². The van der Waals surface area contributed by atoms with Crippen LogP contribution in [0.15, 0.2) is 54.9 Å². The fourth-order valence-corrected chi connectivity index (χ4v) is 3.06. The third-order valence-electron chi connectivity index (χ3n) is 4.49. The molecule has 3 aromatic rings. The number of benzene rings is 1. The quantitative estimate of drug-likeness (QED) is 0.692. The van der Waals surface area contributed by atoms with Crippen molar-refractivity contribution in [3.05, 3.63) is 66.1 Å². The Morgan fingerprint density at radius 3 is 2.76 bits per heavy atom. The molecule has 1 saturated carbocycles. The first-order valence-corrected chi connectivity index (χ1v) is 8.71. The number of hydrogen-bond donors (Lipinski definition) is 0. The topological polar surface area (TPSA) is 46.8 Å². The van der Waals surface area contributed by atoms with Crippen LogP contribution in [0, 0.1) is 0 Å². The molecule has 1 aliphatic carbocycles. The van der Waals surface area contributed by atoms with Crippen molar-refractivity contribution in [3.63, 3.8) is 0 Å². The van der Waals surface area contributed by atoms with E-state index in [1.165, 1.54) is 0 Å². The van der Waals surface area contributed by atoms with Crippen LogP contribution in [0.5, 0.6) is 5.75 Å². The fraction of sp³-hybridized carbons (Fsp3) is 0.300. The van der Waals surface area contributed by atoms with Crippen LogP contribution in [0.3, 0.4) is 0 Å². The number of carbonyl (C=O) groups is 1. The fourth-order valence-electron chi connectivity index (χ4n) is 3.06. The van der Waals surface area contributed by atoms with Crippen LogP contribution >= 0.6 is 0 Å². The maximum absolute atomic E-state index is 13.0. The average molecular weight is 335 g/mol. The van der Waals surface area contributed by atoms with E-state index in [0.717, 1.165) is 29.9 Å². The van der Waals surface area contributed by atoms with E-state index in [1.807, 2.05) is 71.1 Å². The predicted molar refractivity (Wildman–Crippen MR) is 95.7 cm³/mol. The van der Waals surface area contributed by atoms with Gasteiger partial charge in [-0.2, -0.15) is 0 Å². The van der Waals surface area contributed by atoms with Gasteiger partial charge in [-0.25, -0.2) is 4.98 Å². The van der Waals surface area contributed by atoms with Crippen LogP contribution < -0.4 is 4.74 Å². The van der Waals surface area contributed by atoms with E-state index in [2.05, 4.69) is 4.98 Å². The molecule has 25 heavy (non-hydrogen) atoms. The van der Waals surface area contributed by atoms with Crippen molar-refractivity contribution in [2.24, 2.45) is 0 Å². The molecule has 2 aromatic heterocycles. The van der Waals surface area contributed by atoms with Crippen LogP contribution in [0.4, 0.5) is 0 Å². The van der Waals surface area contributed by atoms with Crippen molar-refractivity contribution >= 4 is 11.6 Å². The lowest BCUT2D eigenvalue weighted by molar-refractivity contribution is 0.0727. The van der Waals surface area contributed by atoms with Crippen LogP contribution in [0.1, 0.15) is 35.8 Å². The molecule has 0 N–H and O–H groups in total. The van der Waals surface area contributed by atoms with Gasteiger partial charge in [0.05, 0.1) is 25.0 Å². The summed E-state index contributed by atoms with van der Waals surface area (Å²) in [5.74, 6) is 0.857. The van der Waals surface area contributed by atoms with Crippen molar-refractivity contribution in [1.29, 1.82) is 0 Å². The van der Waals surface area contributed by atoms with E-state index >= 15 is 0 Å². The van der Waals surface area contributed by atoms with Crippen molar-refractivity contribution in [2.45, 2.75) is 32.4 Å². The Kier molecular flexibility index (Phi) is 4.14. The molecular formula is C20H21N3O2. The van der Waals surface area contributed by atoms with Crippen molar-refractivity contribution in [1.82, 2.24) is 14.3 Å². The van der Waals surface area contributed by atoms with Crippen molar-refractivity contribution in [2.75, 3.05) is 6.61 Å². The van der Waals surface area contributed by atoms with E-state index in [1.54, 1.807) is 0 Å². The molecule has 1 aliphatic rings. The monoisotopic (exact) mass is 335 g/mol. The smallest absolute Gasteiger partial charge is 0.254 e. The molecule has 2 heterocycles. The maximum atomic E-state index is 13.0. The van der Waals surface area contributed by atoms with Gasteiger partial charge in [0.2, 0.25) is 0 Å². The number of fused-ring (bicyclic) bond motifs is 1. The zero-order valence-electron chi connectivity index (χ0n) is 14.3. The van der Waals surface area contributed by atoms with Crippen molar-refractivity contribution < 1.29 is 9.53 Å². The highest BCUT2D eigenvalue weighted by Crippen LogP contribution is 2.30. The highest BCUT2D eigenvalue weighted by atomic mass is 16.5. The molecule has 5 nitrogen and oxygen atoms in total. The molecule has 0 spiro atoms. The Morgan fingerprint density at radius 1 is 1.24 bits per heavy atom. The molecule has 4 rings (SSSR count). The molecule has 128 valence electrons. The molecule has 1 fully saturated rings. The Labute approximate surface area is 146 Å². The third kappa shape index (κ3) is 3.22. The van der Waals surface area contributed by atoms with Crippen LogP contribution in [0.2, 0.25) is 0 Å². The summed E-state index contributed by atoms with van der Waals surface area (Å²) < 4.78 is 7.50. The molecule has 5 heteroatoms. The molecular weight excluding hydrogens is 314 g/mol. The summed E-state index contributed by atoms with van der Waals surface area (Å²) in [6.45, 7) is 3.14. The number of ether oxygens (including phenoxy) is 1. The standard InChI is InChI=1S/C20H21N3O2/c1-2-25-18-10-6-15(7-11-18)20(24)23(16-8-9-16)14-17-13-21-19-5-3-4-12-22(17)19/h3-7,10-13,16H,2,8-9,14H2,1H3. The molecule has 0 saturated heterocycles. The lowest BCUT2D eigenvalue weighted by Gasteiger charge is -2.22. The van der Waals surface area contributed by atoms with Gasteiger partial charge in [-0.05, 0) is 56.2 Å². The molecule has 1 aromatic carbocycles. The minimum absolute atomic E-state index is 0.0661. The third-order valence-corrected chi connectivity index (χ3v) is 4.49. The minimum atomic E-state index is 0.0661. The zero-order chi connectivity index (χ0) is 17.2. The van der Waals surface area contributed by atoms with Crippen LogP contribution in [0.25, 0.3) is 5.65 Å².